The summed E-state index contributed by atoms with van der Waals surface area (Å²) in [5.41, 5.74) is 2.20. The van der Waals surface area contributed by atoms with Crippen LogP contribution < -0.4 is 5.32 Å². The molecule has 0 radical (unpaired) electrons. The van der Waals surface area contributed by atoms with Gasteiger partial charge < -0.3 is 19.7 Å². The summed E-state index contributed by atoms with van der Waals surface area (Å²) in [4.78, 5) is 25.7. The van der Waals surface area contributed by atoms with E-state index in [1.165, 1.54) is 0 Å². The van der Waals surface area contributed by atoms with E-state index in [-0.39, 0.29) is 17.9 Å². The van der Waals surface area contributed by atoms with Crippen LogP contribution in [0.25, 0.3) is 0 Å². The van der Waals surface area contributed by atoms with Gasteiger partial charge in [0.25, 0.3) is 0 Å². The first-order valence-corrected chi connectivity index (χ1v) is 8.99. The van der Waals surface area contributed by atoms with E-state index in [1.807, 2.05) is 31.2 Å². The van der Waals surface area contributed by atoms with Gasteiger partial charge in [-0.2, -0.15) is 0 Å². The molecular formula is C19H28N2O4. The Morgan fingerprint density at radius 1 is 1.08 bits per heavy atom. The summed E-state index contributed by atoms with van der Waals surface area (Å²) >= 11 is 0. The number of carbonyl (C=O) groups excluding carboxylic acids is 2. The van der Waals surface area contributed by atoms with Gasteiger partial charge in [0, 0.05) is 32.2 Å². The van der Waals surface area contributed by atoms with Gasteiger partial charge in [-0.3, -0.25) is 4.79 Å². The van der Waals surface area contributed by atoms with Gasteiger partial charge in [0.15, 0.2) is 0 Å². The van der Waals surface area contributed by atoms with E-state index in [0.29, 0.717) is 52.3 Å². The highest BCUT2D eigenvalue weighted by Crippen LogP contribution is 2.18. The summed E-state index contributed by atoms with van der Waals surface area (Å²) in [7, 11) is 0. The molecular weight excluding hydrogens is 320 g/mol. The quantitative estimate of drug-likeness (QED) is 0.823. The van der Waals surface area contributed by atoms with Crippen LogP contribution in [0.4, 0.5) is 4.79 Å². The molecule has 1 aromatic carbocycles. The van der Waals surface area contributed by atoms with Crippen molar-refractivity contribution in [3.63, 3.8) is 0 Å². The van der Waals surface area contributed by atoms with Crippen LogP contribution in [0.15, 0.2) is 24.3 Å². The van der Waals surface area contributed by atoms with Crippen LogP contribution in [0, 0.1) is 5.92 Å². The first kappa shape index (κ1) is 19.2. The number of hydrogen-bond acceptors (Lipinski definition) is 4. The van der Waals surface area contributed by atoms with Crippen LogP contribution in [-0.2, 0) is 27.4 Å². The Morgan fingerprint density at radius 3 is 2.32 bits per heavy atom. The van der Waals surface area contributed by atoms with Crippen molar-refractivity contribution in [3.05, 3.63) is 35.4 Å². The smallest absolute Gasteiger partial charge is 0.409 e. The van der Waals surface area contributed by atoms with E-state index in [4.69, 9.17) is 9.47 Å². The topological polar surface area (TPSA) is 67.9 Å². The maximum absolute atomic E-state index is 12.3. The van der Waals surface area contributed by atoms with Crippen molar-refractivity contribution in [2.45, 2.75) is 39.8 Å². The molecule has 0 unspecified atom stereocenters. The van der Waals surface area contributed by atoms with Crippen molar-refractivity contribution >= 4 is 12.0 Å². The van der Waals surface area contributed by atoms with Crippen molar-refractivity contribution in [2.75, 3.05) is 26.3 Å². The zero-order valence-corrected chi connectivity index (χ0v) is 15.1. The number of rotatable bonds is 7. The van der Waals surface area contributed by atoms with Crippen molar-refractivity contribution in [2.24, 2.45) is 5.92 Å². The molecule has 1 aromatic rings. The van der Waals surface area contributed by atoms with Crippen molar-refractivity contribution < 1.29 is 19.1 Å². The number of benzene rings is 1. The first-order chi connectivity index (χ1) is 12.1. The first-order valence-electron chi connectivity index (χ1n) is 8.99. The van der Waals surface area contributed by atoms with E-state index in [2.05, 4.69) is 5.32 Å². The molecule has 6 heteroatoms. The minimum atomic E-state index is -0.284. The molecule has 0 bridgehead atoms. The lowest BCUT2D eigenvalue weighted by Crippen LogP contribution is -2.43. The van der Waals surface area contributed by atoms with E-state index >= 15 is 0 Å². The van der Waals surface area contributed by atoms with E-state index in [0.717, 1.165) is 11.1 Å². The lowest BCUT2D eigenvalue weighted by atomic mass is 9.96. The van der Waals surface area contributed by atoms with Crippen LogP contribution in [-0.4, -0.2) is 43.2 Å². The molecule has 1 heterocycles. The zero-order chi connectivity index (χ0) is 18.1. The van der Waals surface area contributed by atoms with E-state index < -0.39 is 0 Å². The summed E-state index contributed by atoms with van der Waals surface area (Å²) in [5, 5.41) is 3.00. The lowest BCUT2D eigenvalue weighted by molar-refractivity contribution is -0.126. The molecule has 6 nitrogen and oxygen atoms in total. The van der Waals surface area contributed by atoms with Gasteiger partial charge in [0.1, 0.15) is 0 Å². The second-order valence-corrected chi connectivity index (χ2v) is 6.13. The Balaban J connectivity index is 1.73. The fourth-order valence-electron chi connectivity index (χ4n) is 2.85. The van der Waals surface area contributed by atoms with Gasteiger partial charge >= 0.3 is 6.09 Å². The minimum Gasteiger partial charge on any atom is -0.450 e. The highest BCUT2D eigenvalue weighted by atomic mass is 16.6. The normalized spacial score (nSPS) is 15.0. The van der Waals surface area contributed by atoms with Crippen LogP contribution in [0.3, 0.4) is 0 Å². The summed E-state index contributed by atoms with van der Waals surface area (Å²) < 4.78 is 10.4. The van der Waals surface area contributed by atoms with Crippen molar-refractivity contribution in [1.29, 1.82) is 0 Å². The third-order valence-corrected chi connectivity index (χ3v) is 4.35. The molecule has 25 heavy (non-hydrogen) atoms. The standard InChI is InChI=1S/C19H28N2O4/c1-3-24-14-16-7-5-15(6-8-16)13-20-18(22)17-9-11-21(12-10-17)19(23)25-4-2/h5-8,17H,3-4,9-14H2,1-2H3,(H,20,22). The number of hydrogen-bond donors (Lipinski definition) is 1. The number of piperidine rings is 1. The number of amides is 2. The highest BCUT2D eigenvalue weighted by molar-refractivity contribution is 5.79. The second-order valence-electron chi connectivity index (χ2n) is 6.13. The predicted molar refractivity (Wildman–Crippen MR) is 94.9 cm³/mol. The minimum absolute atomic E-state index is 0.0390. The summed E-state index contributed by atoms with van der Waals surface area (Å²) in [5.74, 6) is 0.0183. The molecule has 0 saturated carbocycles. The van der Waals surface area contributed by atoms with Crippen LogP contribution in [0.2, 0.25) is 0 Å². The van der Waals surface area contributed by atoms with E-state index in [9.17, 15) is 9.59 Å². The van der Waals surface area contributed by atoms with Gasteiger partial charge in [0.2, 0.25) is 5.91 Å². The SMILES string of the molecule is CCOCc1ccc(CNC(=O)C2CCN(C(=O)OCC)CC2)cc1. The Labute approximate surface area is 149 Å². The summed E-state index contributed by atoms with van der Waals surface area (Å²) in [6, 6.07) is 8.07. The number of nitrogens with zero attached hydrogens (tertiary/aromatic N) is 1. The zero-order valence-electron chi connectivity index (χ0n) is 15.1. The molecule has 1 saturated heterocycles. The average molecular weight is 348 g/mol. The van der Waals surface area contributed by atoms with Gasteiger partial charge in [0.05, 0.1) is 13.2 Å². The van der Waals surface area contributed by atoms with E-state index in [1.54, 1.807) is 11.8 Å². The molecule has 1 aliphatic rings. The molecule has 1 N–H and O–H groups in total. The molecule has 0 aliphatic carbocycles. The Kier molecular flexibility index (Phi) is 7.73. The summed E-state index contributed by atoms with van der Waals surface area (Å²) in [6.07, 6.45) is 1.07. The third kappa shape index (κ3) is 6.05. The summed E-state index contributed by atoms with van der Waals surface area (Å²) in [6.45, 7) is 7.12. The fourth-order valence-corrected chi connectivity index (χ4v) is 2.85. The second kappa shape index (κ2) is 10.0. The van der Waals surface area contributed by atoms with Crippen molar-refractivity contribution in [1.82, 2.24) is 10.2 Å². The van der Waals surface area contributed by atoms with Crippen LogP contribution in [0.1, 0.15) is 37.8 Å². The number of ether oxygens (including phenoxy) is 2. The largest absolute Gasteiger partial charge is 0.450 e. The van der Waals surface area contributed by atoms with Crippen LogP contribution in [0.5, 0.6) is 0 Å². The van der Waals surface area contributed by atoms with Gasteiger partial charge in [-0.05, 0) is 37.8 Å². The molecule has 0 atom stereocenters. The Morgan fingerprint density at radius 2 is 1.72 bits per heavy atom. The number of likely N-dealkylation sites (tertiary alicyclic amines) is 1. The molecule has 138 valence electrons. The monoisotopic (exact) mass is 348 g/mol. The Bertz CT molecular complexity index is 551. The maximum Gasteiger partial charge on any atom is 0.409 e. The van der Waals surface area contributed by atoms with Gasteiger partial charge in [-0.1, -0.05) is 24.3 Å². The van der Waals surface area contributed by atoms with Crippen molar-refractivity contribution in [3.8, 4) is 0 Å². The van der Waals surface area contributed by atoms with Gasteiger partial charge in [-0.15, -0.1) is 0 Å². The highest BCUT2D eigenvalue weighted by Gasteiger charge is 2.27. The lowest BCUT2D eigenvalue weighted by Gasteiger charge is -2.30. The van der Waals surface area contributed by atoms with Crippen LogP contribution >= 0.6 is 0 Å². The van der Waals surface area contributed by atoms with Gasteiger partial charge in [-0.25, -0.2) is 4.79 Å². The number of nitrogens with one attached hydrogen (secondary N) is 1. The molecule has 2 rings (SSSR count). The molecule has 1 aliphatic heterocycles. The average Bonchev–Trinajstić information content (AvgIpc) is 2.65. The molecule has 2 amide bonds. The number of carbonyl (C=O) groups is 2. The third-order valence-electron chi connectivity index (χ3n) is 4.35. The predicted octanol–water partition coefficient (Wildman–Crippen LogP) is 2.71. The maximum atomic E-state index is 12.3. The Hall–Kier alpha value is -2.08. The fraction of sp³-hybridized carbons (Fsp3) is 0.579. The molecule has 0 spiro atoms. The molecule has 1 fully saturated rings. The molecule has 0 aromatic heterocycles.